The molecule has 0 atom stereocenters. The lowest BCUT2D eigenvalue weighted by Crippen LogP contribution is -2.11. The predicted molar refractivity (Wildman–Crippen MR) is 229 cm³/mol. The number of hydrogen-bond acceptors (Lipinski definition) is 1. The van der Waals surface area contributed by atoms with Crippen LogP contribution in [0, 0.1) is 0 Å². The highest BCUT2D eigenvalue weighted by Gasteiger charge is 2.24. The molecule has 0 aliphatic carbocycles. The van der Waals surface area contributed by atoms with E-state index in [9.17, 15) is 0 Å². The number of para-hydroxylation sites is 2. The number of fused-ring (bicyclic) bond motifs is 5. The summed E-state index contributed by atoms with van der Waals surface area (Å²) in [6.45, 7) is 0. The molecule has 0 saturated heterocycles. The van der Waals surface area contributed by atoms with Crippen LogP contribution in [-0.2, 0) is 0 Å². The van der Waals surface area contributed by atoms with E-state index in [2.05, 4.69) is 228 Å². The Hall–Kier alpha value is -7.16. The minimum Gasteiger partial charge on any atom is -0.308 e. The number of hydrogen-bond donors (Lipinski definition) is 0. The molecule has 2 heteroatoms. The van der Waals surface area contributed by atoms with Crippen LogP contribution >= 0.6 is 0 Å². The van der Waals surface area contributed by atoms with Crippen molar-refractivity contribution in [2.24, 2.45) is 0 Å². The maximum Gasteiger partial charge on any atom is 0.0782 e. The number of benzene rings is 9. The second-order valence-electron chi connectivity index (χ2n) is 13.7. The van der Waals surface area contributed by atoms with E-state index in [4.69, 9.17) is 0 Å². The molecule has 254 valence electrons. The predicted octanol–water partition coefficient (Wildman–Crippen LogP) is 14.4. The molecule has 0 aliphatic heterocycles. The molecule has 0 spiro atoms. The summed E-state index contributed by atoms with van der Waals surface area (Å²) in [5, 5.41) is 4.90. The summed E-state index contributed by atoms with van der Waals surface area (Å²) in [5.41, 5.74) is 14.0. The van der Waals surface area contributed by atoms with Crippen LogP contribution in [-0.4, -0.2) is 4.57 Å². The fourth-order valence-electron chi connectivity index (χ4n) is 8.07. The van der Waals surface area contributed by atoms with Gasteiger partial charge in [0.2, 0.25) is 0 Å². The fourth-order valence-corrected chi connectivity index (χ4v) is 8.07. The third-order valence-corrected chi connectivity index (χ3v) is 10.6. The van der Waals surface area contributed by atoms with Crippen LogP contribution in [0.1, 0.15) is 0 Å². The van der Waals surface area contributed by atoms with E-state index in [1.807, 2.05) is 0 Å². The van der Waals surface area contributed by atoms with Gasteiger partial charge in [-0.15, -0.1) is 0 Å². The Balaban J connectivity index is 1.29. The monoisotopic (exact) mass is 688 g/mol. The van der Waals surface area contributed by atoms with Crippen LogP contribution in [0.3, 0.4) is 0 Å². The van der Waals surface area contributed by atoms with E-state index in [-0.39, 0.29) is 0 Å². The van der Waals surface area contributed by atoms with Crippen molar-refractivity contribution in [2.75, 3.05) is 4.90 Å². The summed E-state index contributed by atoms with van der Waals surface area (Å²) in [6.07, 6.45) is 0. The molecular weight excluding hydrogens is 653 g/mol. The van der Waals surface area contributed by atoms with Crippen molar-refractivity contribution in [3.8, 4) is 39.1 Å². The fraction of sp³-hybridized carbons (Fsp3) is 0. The molecule has 0 radical (unpaired) electrons. The second kappa shape index (κ2) is 13.4. The summed E-state index contributed by atoms with van der Waals surface area (Å²) in [5.74, 6) is 0. The van der Waals surface area contributed by atoms with Gasteiger partial charge in [0, 0.05) is 33.2 Å². The van der Waals surface area contributed by atoms with Gasteiger partial charge in [-0.3, -0.25) is 0 Å². The average Bonchev–Trinajstić information content (AvgIpc) is 3.62. The van der Waals surface area contributed by atoms with Gasteiger partial charge in [0.15, 0.2) is 0 Å². The van der Waals surface area contributed by atoms with Crippen molar-refractivity contribution in [1.29, 1.82) is 0 Å². The van der Waals surface area contributed by atoms with Gasteiger partial charge < -0.3 is 9.47 Å². The average molecular weight is 689 g/mol. The summed E-state index contributed by atoms with van der Waals surface area (Å²) < 4.78 is 2.50. The van der Waals surface area contributed by atoms with Crippen molar-refractivity contribution in [2.45, 2.75) is 0 Å². The number of anilines is 3. The van der Waals surface area contributed by atoms with Gasteiger partial charge in [0.1, 0.15) is 0 Å². The molecule has 0 unspecified atom stereocenters. The zero-order valence-electron chi connectivity index (χ0n) is 29.7. The van der Waals surface area contributed by atoms with Gasteiger partial charge in [0.25, 0.3) is 0 Å². The van der Waals surface area contributed by atoms with Crippen LogP contribution in [0.5, 0.6) is 0 Å². The van der Waals surface area contributed by atoms with Crippen LogP contribution in [0.4, 0.5) is 17.1 Å². The molecule has 0 aliphatic rings. The Morgan fingerprint density at radius 2 is 0.796 bits per heavy atom. The SMILES string of the molecule is c1ccc(-c2ccc(N(c3ccc(-c4ccccc4)cc3)c3cccc4c5c(-c6ccccc6)cc6ccccc6c5n(-c5ccccc5)c34)cc2)cc1. The minimum absolute atomic E-state index is 1.09. The van der Waals surface area contributed by atoms with Gasteiger partial charge >= 0.3 is 0 Å². The van der Waals surface area contributed by atoms with Crippen molar-refractivity contribution >= 4 is 49.6 Å². The third kappa shape index (κ3) is 5.44. The standard InChI is InChI=1S/C52H36N2/c1-5-16-37(17-6-1)39-28-32-44(33-29-39)53(45-34-30-40(31-35-45)38-18-7-2-8-19-38)49-27-15-26-47-50-48(41-20-9-3-10-21-41)36-42-22-13-14-25-46(42)52(50)54(51(47)49)43-23-11-4-12-24-43/h1-36H. The molecule has 10 rings (SSSR count). The molecule has 9 aromatic carbocycles. The summed E-state index contributed by atoms with van der Waals surface area (Å²) in [7, 11) is 0. The molecule has 1 aromatic heterocycles. The Kier molecular flexibility index (Phi) is 7.85. The first-order valence-corrected chi connectivity index (χ1v) is 18.5. The Morgan fingerprint density at radius 1 is 0.333 bits per heavy atom. The van der Waals surface area contributed by atoms with Gasteiger partial charge in [-0.05, 0) is 87.3 Å². The first kappa shape index (κ1) is 31.6. The lowest BCUT2D eigenvalue weighted by molar-refractivity contribution is 1.17. The maximum absolute atomic E-state index is 2.50. The van der Waals surface area contributed by atoms with E-state index in [0.29, 0.717) is 0 Å². The van der Waals surface area contributed by atoms with Gasteiger partial charge in [-0.2, -0.15) is 0 Å². The smallest absolute Gasteiger partial charge is 0.0782 e. The van der Waals surface area contributed by atoms with E-state index in [1.165, 1.54) is 60.4 Å². The highest BCUT2D eigenvalue weighted by Crippen LogP contribution is 2.48. The first-order chi connectivity index (χ1) is 26.8. The van der Waals surface area contributed by atoms with E-state index < -0.39 is 0 Å². The second-order valence-corrected chi connectivity index (χ2v) is 13.7. The lowest BCUT2D eigenvalue weighted by atomic mass is 9.95. The molecule has 2 nitrogen and oxygen atoms in total. The van der Waals surface area contributed by atoms with Crippen molar-refractivity contribution in [3.05, 3.63) is 218 Å². The van der Waals surface area contributed by atoms with Crippen molar-refractivity contribution in [3.63, 3.8) is 0 Å². The third-order valence-electron chi connectivity index (χ3n) is 10.6. The molecule has 0 fully saturated rings. The molecule has 0 N–H and O–H groups in total. The molecule has 10 aromatic rings. The summed E-state index contributed by atoms with van der Waals surface area (Å²) >= 11 is 0. The van der Waals surface area contributed by atoms with Crippen molar-refractivity contribution in [1.82, 2.24) is 4.57 Å². The summed E-state index contributed by atoms with van der Waals surface area (Å²) in [4.78, 5) is 2.43. The quantitative estimate of drug-likeness (QED) is 0.162. The highest BCUT2D eigenvalue weighted by atomic mass is 15.2. The van der Waals surface area contributed by atoms with E-state index in [0.717, 1.165) is 28.3 Å². The highest BCUT2D eigenvalue weighted by molar-refractivity contribution is 6.26. The normalized spacial score (nSPS) is 11.3. The van der Waals surface area contributed by atoms with Gasteiger partial charge in [-0.25, -0.2) is 0 Å². The Bertz CT molecular complexity index is 2790. The van der Waals surface area contributed by atoms with Crippen molar-refractivity contribution < 1.29 is 0 Å². The zero-order valence-corrected chi connectivity index (χ0v) is 29.7. The van der Waals surface area contributed by atoms with E-state index in [1.54, 1.807) is 0 Å². The molecule has 54 heavy (non-hydrogen) atoms. The van der Waals surface area contributed by atoms with Crippen LogP contribution in [0.25, 0.3) is 71.6 Å². The number of rotatable bonds is 7. The maximum atomic E-state index is 2.50. The van der Waals surface area contributed by atoms with Crippen LogP contribution < -0.4 is 4.90 Å². The Labute approximate surface area is 315 Å². The largest absolute Gasteiger partial charge is 0.308 e. The number of nitrogens with zero attached hydrogens (tertiary/aromatic N) is 2. The van der Waals surface area contributed by atoms with E-state index >= 15 is 0 Å². The topological polar surface area (TPSA) is 8.17 Å². The molecule has 0 bridgehead atoms. The summed E-state index contributed by atoms with van der Waals surface area (Å²) in [6, 6.07) is 78.8. The number of aromatic nitrogens is 1. The first-order valence-electron chi connectivity index (χ1n) is 18.5. The van der Waals surface area contributed by atoms with Crippen LogP contribution in [0.2, 0.25) is 0 Å². The Morgan fingerprint density at radius 3 is 1.37 bits per heavy atom. The lowest BCUT2D eigenvalue weighted by Gasteiger charge is -2.27. The molecule has 0 amide bonds. The van der Waals surface area contributed by atoms with Gasteiger partial charge in [0.05, 0.1) is 16.7 Å². The molecule has 1 heterocycles. The molecular formula is C52H36N2. The zero-order chi connectivity index (χ0) is 35.8. The van der Waals surface area contributed by atoms with Gasteiger partial charge in [-0.1, -0.05) is 170 Å². The molecule has 0 saturated carbocycles. The van der Waals surface area contributed by atoms with Crippen LogP contribution in [0.15, 0.2) is 218 Å². The minimum atomic E-state index is 1.09.